The van der Waals surface area contributed by atoms with Gasteiger partial charge in [-0.25, -0.2) is 0 Å². The van der Waals surface area contributed by atoms with Crippen LogP contribution < -0.4 is 0 Å². The molecule has 0 atom stereocenters. The van der Waals surface area contributed by atoms with Gasteiger partial charge in [0.25, 0.3) is 0 Å². The predicted molar refractivity (Wildman–Crippen MR) is 53.5 cm³/mol. The molecule has 2 aliphatic rings. The maximum Gasteiger partial charge on any atom is 0.312 e. The summed E-state index contributed by atoms with van der Waals surface area (Å²) >= 11 is 0. The molecule has 1 aliphatic carbocycles. The van der Waals surface area contributed by atoms with Crippen molar-refractivity contribution >= 4 is 5.97 Å². The molecular weight excluding hydrogens is 196 g/mol. The molecule has 2 N–H and O–H groups in total. The van der Waals surface area contributed by atoms with Gasteiger partial charge in [-0.05, 0) is 12.8 Å². The van der Waals surface area contributed by atoms with Crippen molar-refractivity contribution in [1.82, 2.24) is 0 Å². The summed E-state index contributed by atoms with van der Waals surface area (Å²) < 4.78 is 5.20. The molecular formula is C11H18O4. The second-order valence-electron chi connectivity index (χ2n) is 4.74. The third-order valence-corrected chi connectivity index (χ3v) is 4.08. The van der Waals surface area contributed by atoms with Crippen molar-refractivity contribution in [2.45, 2.75) is 44.1 Å². The molecule has 86 valence electrons. The van der Waals surface area contributed by atoms with Crippen LogP contribution in [0.1, 0.15) is 38.5 Å². The second-order valence-corrected chi connectivity index (χ2v) is 4.74. The summed E-state index contributed by atoms with van der Waals surface area (Å²) in [6, 6.07) is 0. The number of hydrogen-bond donors (Lipinski definition) is 2. The average molecular weight is 214 g/mol. The van der Waals surface area contributed by atoms with Crippen LogP contribution >= 0.6 is 0 Å². The van der Waals surface area contributed by atoms with E-state index in [-0.39, 0.29) is 0 Å². The minimum Gasteiger partial charge on any atom is -0.481 e. The zero-order valence-corrected chi connectivity index (χ0v) is 8.87. The molecule has 1 heterocycles. The van der Waals surface area contributed by atoms with E-state index in [2.05, 4.69) is 0 Å². The minimum absolute atomic E-state index is 0.458. The van der Waals surface area contributed by atoms with Crippen molar-refractivity contribution in [2.24, 2.45) is 5.41 Å². The number of carboxylic acid groups (broad SMARTS) is 1. The second kappa shape index (κ2) is 3.76. The fourth-order valence-corrected chi connectivity index (χ4v) is 3.04. The van der Waals surface area contributed by atoms with E-state index in [1.807, 2.05) is 0 Å². The van der Waals surface area contributed by atoms with Crippen LogP contribution in [-0.4, -0.2) is 35.0 Å². The number of carboxylic acids is 1. The highest BCUT2D eigenvalue weighted by Crippen LogP contribution is 2.50. The molecule has 1 aliphatic heterocycles. The third kappa shape index (κ3) is 1.56. The van der Waals surface area contributed by atoms with Gasteiger partial charge in [0.15, 0.2) is 0 Å². The Bertz CT molecular complexity index is 249. The molecule has 0 aromatic heterocycles. The van der Waals surface area contributed by atoms with Crippen molar-refractivity contribution in [3.63, 3.8) is 0 Å². The standard InChI is InChI=1S/C11H18O4/c12-9(13)10(3-1-2-4-10)11(14)5-7-15-8-6-11/h14H,1-8H2,(H,12,13). The van der Waals surface area contributed by atoms with Gasteiger partial charge in [-0.2, -0.15) is 0 Å². The maximum atomic E-state index is 11.4. The Labute approximate surface area is 89.2 Å². The number of rotatable bonds is 2. The van der Waals surface area contributed by atoms with Crippen LogP contribution in [0.5, 0.6) is 0 Å². The van der Waals surface area contributed by atoms with Crippen LogP contribution in [0.4, 0.5) is 0 Å². The molecule has 15 heavy (non-hydrogen) atoms. The molecule has 0 bridgehead atoms. The zero-order valence-electron chi connectivity index (χ0n) is 8.87. The van der Waals surface area contributed by atoms with E-state index in [1.165, 1.54) is 0 Å². The van der Waals surface area contributed by atoms with Crippen LogP contribution in [0.25, 0.3) is 0 Å². The van der Waals surface area contributed by atoms with Gasteiger partial charge in [0.05, 0.1) is 11.0 Å². The minimum atomic E-state index is -1.05. The molecule has 2 rings (SSSR count). The summed E-state index contributed by atoms with van der Waals surface area (Å²) in [6.07, 6.45) is 3.96. The number of aliphatic hydroxyl groups is 1. The molecule has 1 saturated carbocycles. The van der Waals surface area contributed by atoms with E-state index in [9.17, 15) is 15.0 Å². The Morgan fingerprint density at radius 2 is 1.60 bits per heavy atom. The summed E-state index contributed by atoms with van der Waals surface area (Å²) in [5.41, 5.74) is -1.95. The van der Waals surface area contributed by atoms with Gasteiger partial charge in [0, 0.05) is 26.1 Å². The molecule has 0 unspecified atom stereocenters. The largest absolute Gasteiger partial charge is 0.481 e. The third-order valence-electron chi connectivity index (χ3n) is 4.08. The molecule has 1 saturated heterocycles. The number of hydrogen-bond acceptors (Lipinski definition) is 3. The number of carbonyl (C=O) groups is 1. The summed E-state index contributed by atoms with van der Waals surface area (Å²) in [7, 11) is 0. The molecule has 0 aromatic rings. The van der Waals surface area contributed by atoms with Crippen LogP contribution in [0.3, 0.4) is 0 Å². The lowest BCUT2D eigenvalue weighted by Crippen LogP contribution is -2.54. The summed E-state index contributed by atoms with van der Waals surface area (Å²) in [6.45, 7) is 0.955. The summed E-state index contributed by atoms with van der Waals surface area (Å²) in [5.74, 6) is -0.829. The Kier molecular flexibility index (Phi) is 2.73. The Morgan fingerprint density at radius 1 is 1.07 bits per heavy atom. The first-order valence-electron chi connectivity index (χ1n) is 5.64. The van der Waals surface area contributed by atoms with Crippen molar-refractivity contribution in [1.29, 1.82) is 0 Å². The summed E-state index contributed by atoms with van der Waals surface area (Å²) in [5, 5.41) is 19.9. The van der Waals surface area contributed by atoms with E-state index >= 15 is 0 Å². The van der Waals surface area contributed by atoms with E-state index in [0.717, 1.165) is 12.8 Å². The van der Waals surface area contributed by atoms with Gasteiger partial charge in [0.2, 0.25) is 0 Å². The molecule has 0 aromatic carbocycles. The highest BCUT2D eigenvalue weighted by molar-refractivity contribution is 5.76. The van der Waals surface area contributed by atoms with Gasteiger partial charge >= 0.3 is 5.97 Å². The topological polar surface area (TPSA) is 66.8 Å². The molecule has 4 heteroatoms. The van der Waals surface area contributed by atoms with E-state index < -0.39 is 17.0 Å². The van der Waals surface area contributed by atoms with Crippen molar-refractivity contribution < 1.29 is 19.7 Å². The van der Waals surface area contributed by atoms with E-state index in [0.29, 0.717) is 38.9 Å². The van der Waals surface area contributed by atoms with Crippen molar-refractivity contribution in [3.8, 4) is 0 Å². The molecule has 0 amide bonds. The first kappa shape index (κ1) is 10.9. The highest BCUT2D eigenvalue weighted by Gasteiger charge is 2.57. The van der Waals surface area contributed by atoms with Crippen LogP contribution in [0, 0.1) is 5.41 Å². The Hall–Kier alpha value is -0.610. The molecule has 0 radical (unpaired) electrons. The smallest absolute Gasteiger partial charge is 0.312 e. The number of ether oxygens (including phenoxy) is 1. The van der Waals surface area contributed by atoms with Crippen LogP contribution in [-0.2, 0) is 9.53 Å². The lowest BCUT2D eigenvalue weighted by molar-refractivity contribution is -0.182. The fraction of sp³-hybridized carbons (Fsp3) is 0.909. The van der Waals surface area contributed by atoms with Crippen molar-refractivity contribution in [2.75, 3.05) is 13.2 Å². The highest BCUT2D eigenvalue weighted by atomic mass is 16.5. The quantitative estimate of drug-likeness (QED) is 0.724. The van der Waals surface area contributed by atoms with Crippen LogP contribution in [0.2, 0.25) is 0 Å². The normalized spacial score (nSPS) is 28.9. The lowest BCUT2D eigenvalue weighted by atomic mass is 9.66. The van der Waals surface area contributed by atoms with Gasteiger partial charge in [-0.1, -0.05) is 12.8 Å². The fourth-order valence-electron chi connectivity index (χ4n) is 3.04. The Balaban J connectivity index is 2.26. The van der Waals surface area contributed by atoms with Gasteiger partial charge in [-0.3, -0.25) is 4.79 Å². The lowest BCUT2D eigenvalue weighted by Gasteiger charge is -2.44. The van der Waals surface area contributed by atoms with E-state index in [1.54, 1.807) is 0 Å². The maximum absolute atomic E-state index is 11.4. The van der Waals surface area contributed by atoms with Crippen LogP contribution in [0.15, 0.2) is 0 Å². The van der Waals surface area contributed by atoms with Crippen molar-refractivity contribution in [3.05, 3.63) is 0 Å². The molecule has 0 spiro atoms. The molecule has 2 fully saturated rings. The van der Waals surface area contributed by atoms with E-state index in [4.69, 9.17) is 4.74 Å². The first-order valence-corrected chi connectivity index (χ1v) is 5.64. The van der Waals surface area contributed by atoms with Gasteiger partial charge in [-0.15, -0.1) is 0 Å². The average Bonchev–Trinajstić information content (AvgIpc) is 2.69. The first-order chi connectivity index (χ1) is 7.11. The monoisotopic (exact) mass is 214 g/mol. The molecule has 4 nitrogen and oxygen atoms in total. The zero-order chi connectivity index (χ0) is 10.9. The summed E-state index contributed by atoms with van der Waals surface area (Å²) in [4.78, 5) is 11.4. The SMILES string of the molecule is O=C(O)C1(C2(O)CCOCC2)CCCC1. The predicted octanol–water partition coefficient (Wildman–Crippen LogP) is 1.17. The Morgan fingerprint density at radius 3 is 2.07 bits per heavy atom. The number of aliphatic carboxylic acids is 1. The van der Waals surface area contributed by atoms with Gasteiger partial charge < -0.3 is 14.9 Å². The van der Waals surface area contributed by atoms with Gasteiger partial charge in [0.1, 0.15) is 0 Å².